The van der Waals surface area contributed by atoms with Crippen LogP contribution in [0, 0.1) is 5.92 Å². The van der Waals surface area contributed by atoms with Crippen molar-refractivity contribution < 1.29 is 23.9 Å². The molecule has 0 bridgehead atoms. The number of hydrogen-bond donors (Lipinski definition) is 1. The fraction of sp³-hybridized carbons (Fsp3) is 0.450. The van der Waals surface area contributed by atoms with Crippen molar-refractivity contribution in [3.8, 4) is 5.75 Å². The average molecular weight is 374 g/mol. The van der Waals surface area contributed by atoms with Crippen LogP contribution < -0.4 is 10.1 Å². The van der Waals surface area contributed by atoms with E-state index in [9.17, 15) is 14.4 Å². The normalized spacial score (nSPS) is 19.3. The molecule has 1 fully saturated rings. The van der Waals surface area contributed by atoms with E-state index in [4.69, 9.17) is 9.47 Å². The van der Waals surface area contributed by atoms with Gasteiger partial charge in [-0.3, -0.25) is 9.59 Å². The third kappa shape index (κ3) is 4.87. The Morgan fingerprint density at radius 1 is 1.19 bits per heavy atom. The highest BCUT2D eigenvalue weighted by Gasteiger charge is 2.44. The fourth-order valence-electron chi connectivity index (χ4n) is 2.71. The summed E-state index contributed by atoms with van der Waals surface area (Å²) in [7, 11) is 1.56. The molecule has 0 radical (unpaired) electrons. The molecule has 0 aliphatic carbocycles. The maximum atomic E-state index is 13.0. The largest absolute Gasteiger partial charge is 0.497 e. The van der Waals surface area contributed by atoms with Crippen molar-refractivity contribution in [2.75, 3.05) is 7.11 Å². The van der Waals surface area contributed by atoms with Crippen molar-refractivity contribution >= 4 is 24.0 Å². The van der Waals surface area contributed by atoms with E-state index < -0.39 is 29.6 Å². The van der Waals surface area contributed by atoms with Crippen molar-refractivity contribution in [1.82, 2.24) is 10.2 Å². The molecule has 27 heavy (non-hydrogen) atoms. The minimum Gasteiger partial charge on any atom is -0.497 e. The molecule has 7 nitrogen and oxygen atoms in total. The molecule has 0 unspecified atom stereocenters. The zero-order valence-corrected chi connectivity index (χ0v) is 16.5. The van der Waals surface area contributed by atoms with Crippen molar-refractivity contribution in [2.45, 2.75) is 46.3 Å². The van der Waals surface area contributed by atoms with Crippen molar-refractivity contribution in [1.29, 1.82) is 0 Å². The average Bonchev–Trinajstić information content (AvgIpc) is 2.56. The summed E-state index contributed by atoms with van der Waals surface area (Å²) in [6.45, 7) is 8.66. The predicted octanol–water partition coefficient (Wildman–Crippen LogP) is 2.95. The van der Waals surface area contributed by atoms with Gasteiger partial charge in [-0.15, -0.1) is 0 Å². The van der Waals surface area contributed by atoms with E-state index in [1.165, 1.54) is 6.08 Å². The van der Waals surface area contributed by atoms with Crippen LogP contribution in [-0.4, -0.2) is 41.6 Å². The Balaban J connectivity index is 2.39. The van der Waals surface area contributed by atoms with Gasteiger partial charge in [-0.1, -0.05) is 26.0 Å². The molecule has 7 heteroatoms. The Bertz CT molecular complexity index is 760. The first kappa shape index (κ1) is 20.5. The number of benzene rings is 1. The standard InChI is InChI=1S/C20H26N2O5/c1-12(2)16-17(23)21-15(11-13-7-9-14(26-6)10-8-13)18(24)22(16)19(25)27-20(3,4)5/h7-12,16H,1-6H3,(H,21,23)/b15-11+/t16-/m0/s1. The number of methoxy groups -OCH3 is 1. The van der Waals surface area contributed by atoms with Gasteiger partial charge in [-0.05, 0) is 50.5 Å². The Morgan fingerprint density at radius 2 is 1.78 bits per heavy atom. The summed E-state index contributed by atoms with van der Waals surface area (Å²) < 4.78 is 10.5. The number of carbonyl (C=O) groups is 3. The van der Waals surface area contributed by atoms with Gasteiger partial charge < -0.3 is 14.8 Å². The van der Waals surface area contributed by atoms with Crippen LogP contribution in [0.3, 0.4) is 0 Å². The molecule has 0 aromatic heterocycles. The fourth-order valence-corrected chi connectivity index (χ4v) is 2.71. The minimum absolute atomic E-state index is 0.0212. The van der Waals surface area contributed by atoms with E-state index in [0.717, 1.165) is 4.90 Å². The number of nitrogens with zero attached hydrogens (tertiary/aromatic N) is 1. The lowest BCUT2D eigenvalue weighted by atomic mass is 9.98. The molecular formula is C20H26N2O5. The second kappa shape index (κ2) is 7.82. The highest BCUT2D eigenvalue weighted by atomic mass is 16.6. The smallest absolute Gasteiger partial charge is 0.418 e. The first-order chi connectivity index (χ1) is 12.5. The Labute approximate surface area is 159 Å². The monoisotopic (exact) mass is 374 g/mol. The number of carbonyl (C=O) groups excluding carboxylic acids is 3. The van der Waals surface area contributed by atoms with Crippen LogP contribution in [0.2, 0.25) is 0 Å². The Morgan fingerprint density at radius 3 is 2.26 bits per heavy atom. The summed E-state index contributed by atoms with van der Waals surface area (Å²) in [6, 6.07) is 6.05. The summed E-state index contributed by atoms with van der Waals surface area (Å²) in [5, 5.41) is 2.61. The van der Waals surface area contributed by atoms with Gasteiger partial charge in [0.05, 0.1) is 7.11 Å². The quantitative estimate of drug-likeness (QED) is 0.822. The molecule has 2 rings (SSSR count). The van der Waals surface area contributed by atoms with Gasteiger partial charge in [0, 0.05) is 0 Å². The second-order valence-corrected chi connectivity index (χ2v) is 7.66. The van der Waals surface area contributed by atoms with Gasteiger partial charge in [0.25, 0.3) is 5.91 Å². The number of hydrogen-bond acceptors (Lipinski definition) is 5. The van der Waals surface area contributed by atoms with Crippen molar-refractivity contribution in [3.05, 3.63) is 35.5 Å². The van der Waals surface area contributed by atoms with Gasteiger partial charge in [0.1, 0.15) is 23.1 Å². The number of imide groups is 1. The van der Waals surface area contributed by atoms with Crippen LogP contribution in [0.15, 0.2) is 30.0 Å². The molecule has 1 heterocycles. The Hall–Kier alpha value is -2.83. The zero-order valence-electron chi connectivity index (χ0n) is 16.5. The van der Waals surface area contributed by atoms with Gasteiger partial charge in [0.15, 0.2) is 0 Å². The van der Waals surface area contributed by atoms with Gasteiger partial charge in [0.2, 0.25) is 5.91 Å². The Kier molecular flexibility index (Phi) is 5.93. The third-order valence-electron chi connectivity index (χ3n) is 3.90. The molecule has 1 atom stereocenters. The van der Waals surface area contributed by atoms with Gasteiger partial charge >= 0.3 is 6.09 Å². The predicted molar refractivity (Wildman–Crippen MR) is 101 cm³/mol. The number of nitrogens with one attached hydrogen (secondary N) is 1. The van der Waals surface area contributed by atoms with E-state index in [1.807, 2.05) is 0 Å². The topological polar surface area (TPSA) is 84.9 Å². The highest BCUT2D eigenvalue weighted by molar-refractivity contribution is 6.13. The maximum absolute atomic E-state index is 13.0. The first-order valence-electron chi connectivity index (χ1n) is 8.76. The van der Waals surface area contributed by atoms with E-state index in [0.29, 0.717) is 11.3 Å². The summed E-state index contributed by atoms with van der Waals surface area (Å²) in [5.41, 5.74) is -0.0772. The summed E-state index contributed by atoms with van der Waals surface area (Å²) in [6.07, 6.45) is 0.690. The van der Waals surface area contributed by atoms with E-state index in [-0.39, 0.29) is 11.6 Å². The van der Waals surface area contributed by atoms with Crippen LogP contribution in [-0.2, 0) is 14.3 Å². The lowest BCUT2D eigenvalue weighted by molar-refractivity contribution is -0.143. The lowest BCUT2D eigenvalue weighted by Crippen LogP contribution is -2.61. The molecule has 146 valence electrons. The second-order valence-electron chi connectivity index (χ2n) is 7.66. The van der Waals surface area contributed by atoms with Crippen LogP contribution in [0.5, 0.6) is 5.75 Å². The molecule has 1 aliphatic heterocycles. The summed E-state index contributed by atoms with van der Waals surface area (Å²) in [5.74, 6) is -0.607. The number of rotatable bonds is 3. The molecule has 0 saturated carbocycles. The summed E-state index contributed by atoms with van der Waals surface area (Å²) >= 11 is 0. The van der Waals surface area contributed by atoms with E-state index >= 15 is 0 Å². The lowest BCUT2D eigenvalue weighted by Gasteiger charge is -2.37. The van der Waals surface area contributed by atoms with E-state index in [2.05, 4.69) is 5.32 Å². The third-order valence-corrected chi connectivity index (χ3v) is 3.90. The van der Waals surface area contributed by atoms with Crippen LogP contribution in [0.1, 0.15) is 40.2 Å². The molecule has 1 saturated heterocycles. The zero-order chi connectivity index (χ0) is 20.4. The highest BCUT2D eigenvalue weighted by Crippen LogP contribution is 2.24. The SMILES string of the molecule is COc1ccc(/C=C2/NC(=O)[C@H](C(C)C)N(C(=O)OC(C)(C)C)C2=O)cc1. The number of ether oxygens (including phenoxy) is 2. The van der Waals surface area contributed by atoms with Crippen molar-refractivity contribution in [2.24, 2.45) is 5.92 Å². The number of amides is 3. The molecular weight excluding hydrogens is 348 g/mol. The maximum Gasteiger partial charge on any atom is 0.418 e. The number of piperazine rings is 1. The molecule has 0 spiro atoms. The van der Waals surface area contributed by atoms with Crippen LogP contribution in [0.4, 0.5) is 4.79 Å². The first-order valence-corrected chi connectivity index (χ1v) is 8.76. The molecule has 3 amide bonds. The molecule has 1 N–H and O–H groups in total. The van der Waals surface area contributed by atoms with Crippen molar-refractivity contribution in [3.63, 3.8) is 0 Å². The minimum atomic E-state index is -0.930. The van der Waals surface area contributed by atoms with Crippen LogP contribution >= 0.6 is 0 Å². The van der Waals surface area contributed by atoms with Gasteiger partial charge in [-0.2, -0.15) is 0 Å². The van der Waals surface area contributed by atoms with Gasteiger partial charge in [-0.25, -0.2) is 9.69 Å². The van der Waals surface area contributed by atoms with Crippen LogP contribution in [0.25, 0.3) is 6.08 Å². The van der Waals surface area contributed by atoms with E-state index in [1.54, 1.807) is 66.0 Å². The molecule has 1 aromatic carbocycles. The molecule has 1 aromatic rings. The summed E-state index contributed by atoms with van der Waals surface area (Å²) in [4.78, 5) is 39.1. The molecule has 1 aliphatic rings.